The van der Waals surface area contributed by atoms with Crippen molar-refractivity contribution >= 4 is 28.5 Å². The highest BCUT2D eigenvalue weighted by molar-refractivity contribution is 5.94. The first-order chi connectivity index (χ1) is 13.4. The summed E-state index contributed by atoms with van der Waals surface area (Å²) in [4.78, 5) is 37.2. The average Bonchev–Trinajstić information content (AvgIpc) is 3.01. The van der Waals surface area contributed by atoms with Crippen LogP contribution in [-0.2, 0) is 13.1 Å². The number of carbonyl (C=O) groups excluding carboxylic acids is 2. The molecular weight excluding hydrogens is 356 g/mol. The Morgan fingerprint density at radius 3 is 2.79 bits per heavy atom. The number of amides is 3. The van der Waals surface area contributed by atoms with E-state index < -0.39 is 0 Å². The molecule has 3 heterocycles. The Bertz CT molecular complexity index is 1070. The number of anilines is 1. The Kier molecular flexibility index (Phi) is 4.46. The lowest BCUT2D eigenvalue weighted by molar-refractivity contribution is 0.0813. The first-order valence-electron chi connectivity index (χ1n) is 9.12. The molecule has 0 radical (unpaired) electrons. The maximum Gasteiger partial charge on any atom is 0.322 e. The largest absolute Gasteiger partial charge is 0.343 e. The number of imidazole rings is 1. The van der Waals surface area contributed by atoms with Crippen molar-refractivity contribution in [1.29, 1.82) is 0 Å². The van der Waals surface area contributed by atoms with E-state index in [9.17, 15) is 9.59 Å². The predicted molar refractivity (Wildman–Crippen MR) is 106 cm³/mol. The van der Waals surface area contributed by atoms with Gasteiger partial charge in [-0.25, -0.2) is 9.78 Å². The number of nitrogens with zero attached hydrogens (tertiary/aromatic N) is 5. The minimum absolute atomic E-state index is 0.0715. The molecule has 8 nitrogen and oxygen atoms in total. The Balaban J connectivity index is 1.51. The van der Waals surface area contributed by atoms with Gasteiger partial charge in [-0.05, 0) is 25.1 Å². The summed E-state index contributed by atoms with van der Waals surface area (Å²) in [6.45, 7) is 3.24. The smallest absolute Gasteiger partial charge is 0.322 e. The summed E-state index contributed by atoms with van der Waals surface area (Å²) in [5, 5.41) is 3.95. The van der Waals surface area contributed by atoms with E-state index in [0.717, 1.165) is 16.7 Å². The lowest BCUT2D eigenvalue weighted by Gasteiger charge is -2.28. The molecule has 28 heavy (non-hydrogen) atoms. The van der Waals surface area contributed by atoms with Crippen molar-refractivity contribution in [3.05, 3.63) is 53.7 Å². The Morgan fingerprint density at radius 2 is 2.00 bits per heavy atom. The summed E-state index contributed by atoms with van der Waals surface area (Å²) < 4.78 is 1.92. The molecule has 0 bridgehead atoms. The molecule has 0 saturated carbocycles. The van der Waals surface area contributed by atoms with Crippen molar-refractivity contribution in [2.75, 3.05) is 26.0 Å². The molecule has 1 aliphatic heterocycles. The molecule has 0 unspecified atom stereocenters. The number of hydrogen-bond donors (Lipinski definition) is 1. The van der Waals surface area contributed by atoms with E-state index >= 15 is 0 Å². The molecule has 8 heteroatoms. The van der Waals surface area contributed by atoms with Gasteiger partial charge in [-0.15, -0.1) is 0 Å². The number of urea groups is 1. The van der Waals surface area contributed by atoms with Crippen molar-refractivity contribution in [2.24, 2.45) is 0 Å². The lowest BCUT2D eigenvalue weighted by Crippen LogP contribution is -2.41. The topological polar surface area (TPSA) is 83.4 Å². The number of hydrogen-bond acceptors (Lipinski definition) is 4. The van der Waals surface area contributed by atoms with Crippen molar-refractivity contribution < 1.29 is 9.59 Å². The van der Waals surface area contributed by atoms with Crippen LogP contribution in [0.25, 0.3) is 10.9 Å². The highest BCUT2D eigenvalue weighted by atomic mass is 16.2. The quantitative estimate of drug-likeness (QED) is 0.743. The van der Waals surface area contributed by atoms with Gasteiger partial charge < -0.3 is 19.7 Å². The van der Waals surface area contributed by atoms with Gasteiger partial charge in [0, 0.05) is 44.5 Å². The van der Waals surface area contributed by atoms with Crippen LogP contribution in [0.15, 0.2) is 36.5 Å². The molecule has 0 atom stereocenters. The molecule has 3 aromatic rings. The fraction of sp³-hybridized carbons (Fsp3) is 0.300. The Labute approximate surface area is 162 Å². The van der Waals surface area contributed by atoms with Crippen LogP contribution in [0.4, 0.5) is 10.5 Å². The summed E-state index contributed by atoms with van der Waals surface area (Å²) >= 11 is 0. The second-order valence-corrected chi connectivity index (χ2v) is 7.08. The van der Waals surface area contributed by atoms with E-state index in [2.05, 4.69) is 15.3 Å². The summed E-state index contributed by atoms with van der Waals surface area (Å²) in [6, 6.07) is 9.33. The SMILES string of the molecule is Cc1nc2n(c1C(=O)N(C)C)CCN(C(=O)Nc1ccc3cccnc3c1)C2. The molecule has 3 amide bonds. The van der Waals surface area contributed by atoms with Crippen LogP contribution < -0.4 is 5.32 Å². The number of fused-ring (bicyclic) bond motifs is 2. The van der Waals surface area contributed by atoms with Gasteiger partial charge in [0.05, 0.1) is 17.8 Å². The molecule has 144 valence electrons. The van der Waals surface area contributed by atoms with Gasteiger partial charge in [0.15, 0.2) is 0 Å². The first kappa shape index (κ1) is 18.0. The average molecular weight is 378 g/mol. The predicted octanol–water partition coefficient (Wildman–Crippen LogP) is 2.49. The molecule has 0 spiro atoms. The molecule has 0 saturated heterocycles. The van der Waals surface area contributed by atoms with E-state index in [4.69, 9.17) is 0 Å². The Morgan fingerprint density at radius 1 is 1.18 bits per heavy atom. The Hall–Kier alpha value is -3.42. The summed E-state index contributed by atoms with van der Waals surface area (Å²) in [5.74, 6) is 0.655. The van der Waals surface area contributed by atoms with Gasteiger partial charge >= 0.3 is 6.03 Å². The number of rotatable bonds is 2. The number of pyridine rings is 1. The molecule has 0 aliphatic carbocycles. The van der Waals surface area contributed by atoms with Crippen LogP contribution in [0.3, 0.4) is 0 Å². The second-order valence-electron chi connectivity index (χ2n) is 7.08. The van der Waals surface area contributed by atoms with Gasteiger partial charge in [-0.2, -0.15) is 0 Å². The minimum atomic E-state index is -0.192. The molecule has 1 aromatic carbocycles. The van der Waals surface area contributed by atoms with Crippen LogP contribution in [0.5, 0.6) is 0 Å². The van der Waals surface area contributed by atoms with E-state index in [1.54, 1.807) is 30.1 Å². The number of carbonyl (C=O) groups is 2. The summed E-state index contributed by atoms with van der Waals surface area (Å²) in [6.07, 6.45) is 1.73. The van der Waals surface area contributed by atoms with Gasteiger partial charge in [0.25, 0.3) is 5.91 Å². The monoisotopic (exact) mass is 378 g/mol. The van der Waals surface area contributed by atoms with Gasteiger partial charge in [-0.3, -0.25) is 9.78 Å². The maximum atomic E-state index is 12.7. The zero-order valence-electron chi connectivity index (χ0n) is 16.1. The van der Waals surface area contributed by atoms with E-state index in [0.29, 0.717) is 36.7 Å². The van der Waals surface area contributed by atoms with Crippen molar-refractivity contribution in [3.63, 3.8) is 0 Å². The molecule has 1 N–H and O–H groups in total. The van der Waals surface area contributed by atoms with E-state index in [-0.39, 0.29) is 11.9 Å². The second kappa shape index (κ2) is 6.95. The molecular formula is C20H22N6O2. The van der Waals surface area contributed by atoms with Gasteiger partial charge in [-0.1, -0.05) is 12.1 Å². The molecule has 0 fully saturated rings. The molecule has 4 rings (SSSR count). The van der Waals surface area contributed by atoms with Crippen molar-refractivity contribution in [2.45, 2.75) is 20.0 Å². The maximum absolute atomic E-state index is 12.7. The van der Waals surface area contributed by atoms with Gasteiger partial charge in [0.2, 0.25) is 0 Å². The third kappa shape index (κ3) is 3.17. The third-order valence-electron chi connectivity index (χ3n) is 4.90. The van der Waals surface area contributed by atoms with Crippen LogP contribution in [0.1, 0.15) is 22.0 Å². The molecule has 2 aromatic heterocycles. The summed E-state index contributed by atoms with van der Waals surface area (Å²) in [5.41, 5.74) is 2.82. The van der Waals surface area contributed by atoms with Crippen molar-refractivity contribution in [3.8, 4) is 0 Å². The highest BCUT2D eigenvalue weighted by Crippen LogP contribution is 2.21. The zero-order chi connectivity index (χ0) is 19.8. The number of benzene rings is 1. The van der Waals surface area contributed by atoms with Gasteiger partial charge in [0.1, 0.15) is 11.5 Å². The minimum Gasteiger partial charge on any atom is -0.343 e. The molecule has 1 aliphatic rings. The van der Waals surface area contributed by atoms with E-state index in [1.807, 2.05) is 41.8 Å². The van der Waals surface area contributed by atoms with Crippen molar-refractivity contribution in [1.82, 2.24) is 24.3 Å². The van der Waals surface area contributed by atoms with Crippen LogP contribution in [-0.4, -0.2) is 56.9 Å². The number of aromatic nitrogens is 3. The third-order valence-corrected chi connectivity index (χ3v) is 4.90. The summed E-state index contributed by atoms with van der Waals surface area (Å²) in [7, 11) is 3.45. The fourth-order valence-electron chi connectivity index (χ4n) is 3.47. The fourth-order valence-corrected chi connectivity index (χ4v) is 3.47. The lowest BCUT2D eigenvalue weighted by atomic mass is 10.2. The number of aryl methyl sites for hydroxylation is 1. The normalized spacial score (nSPS) is 13.3. The standard InChI is InChI=1S/C20H22N6O2/c1-13-18(19(27)24(2)3)26-10-9-25(12-17(26)22-13)20(28)23-15-7-6-14-5-4-8-21-16(14)11-15/h4-8,11H,9-10,12H2,1-3H3,(H,23,28). The van der Waals surface area contributed by atoms with Crippen LogP contribution in [0, 0.1) is 6.92 Å². The van der Waals surface area contributed by atoms with Crippen LogP contribution in [0.2, 0.25) is 0 Å². The number of nitrogens with one attached hydrogen (secondary N) is 1. The van der Waals surface area contributed by atoms with Crippen LogP contribution >= 0.6 is 0 Å². The highest BCUT2D eigenvalue weighted by Gasteiger charge is 2.28. The van der Waals surface area contributed by atoms with E-state index in [1.165, 1.54) is 0 Å². The zero-order valence-corrected chi connectivity index (χ0v) is 16.1. The first-order valence-corrected chi connectivity index (χ1v) is 9.12.